The van der Waals surface area contributed by atoms with Gasteiger partial charge >= 0.3 is 0 Å². The molecule has 0 radical (unpaired) electrons. The summed E-state index contributed by atoms with van der Waals surface area (Å²) < 4.78 is 11.2. The molecule has 98 valence electrons. The second-order valence-corrected chi connectivity index (χ2v) is 4.70. The van der Waals surface area contributed by atoms with Crippen LogP contribution in [-0.4, -0.2) is 30.0 Å². The fourth-order valence-corrected chi connectivity index (χ4v) is 2.01. The smallest absolute Gasteiger partial charge is 0.110 e. The Morgan fingerprint density at radius 3 is 2.89 bits per heavy atom. The van der Waals surface area contributed by atoms with E-state index in [4.69, 9.17) is 14.6 Å². The first-order valence-corrected chi connectivity index (χ1v) is 6.32. The summed E-state index contributed by atoms with van der Waals surface area (Å²) in [6.45, 7) is 3.44. The number of rotatable bonds is 7. The maximum atomic E-state index is 8.72. The quantitative estimate of drug-likeness (QED) is 0.457. The summed E-state index contributed by atoms with van der Waals surface area (Å²) in [6, 6.07) is 10.1. The van der Waals surface area contributed by atoms with Gasteiger partial charge in [-0.1, -0.05) is 42.5 Å². The lowest BCUT2D eigenvalue weighted by molar-refractivity contribution is 0.113. The van der Waals surface area contributed by atoms with Crippen molar-refractivity contribution < 1.29 is 14.6 Å². The molecule has 2 atom stereocenters. The van der Waals surface area contributed by atoms with Crippen molar-refractivity contribution in [1.29, 1.82) is 0 Å². The van der Waals surface area contributed by atoms with E-state index in [1.54, 1.807) is 6.08 Å². The first-order valence-electron chi connectivity index (χ1n) is 6.32. The largest absolute Gasteiger partial charge is 0.392 e. The molecule has 18 heavy (non-hydrogen) atoms. The summed E-state index contributed by atoms with van der Waals surface area (Å²) in [4.78, 5) is 0. The Bertz CT molecular complexity index is 388. The fraction of sp³-hybridized carbons (Fsp3) is 0.467. The monoisotopic (exact) mass is 248 g/mol. The van der Waals surface area contributed by atoms with Crippen LogP contribution in [0.4, 0.5) is 0 Å². The van der Waals surface area contributed by atoms with Gasteiger partial charge in [-0.15, -0.1) is 0 Å². The Balaban J connectivity index is 1.62. The van der Waals surface area contributed by atoms with Gasteiger partial charge in [0.05, 0.1) is 19.3 Å². The van der Waals surface area contributed by atoms with Crippen LogP contribution in [0.5, 0.6) is 0 Å². The Hall–Kier alpha value is -1.16. The molecule has 1 aromatic rings. The van der Waals surface area contributed by atoms with Gasteiger partial charge in [0.25, 0.3) is 0 Å². The molecule has 1 heterocycles. The number of hydrogen-bond acceptors (Lipinski definition) is 3. The molecule has 1 aliphatic rings. The van der Waals surface area contributed by atoms with Gasteiger partial charge in [0.1, 0.15) is 5.60 Å². The molecule has 1 aromatic carbocycles. The normalized spacial score (nSPS) is 26.7. The van der Waals surface area contributed by atoms with E-state index in [2.05, 4.69) is 12.1 Å². The Labute approximate surface area is 108 Å². The van der Waals surface area contributed by atoms with E-state index < -0.39 is 0 Å². The third kappa shape index (κ3) is 3.67. The molecule has 0 amide bonds. The topological polar surface area (TPSA) is 42.0 Å². The zero-order valence-electron chi connectivity index (χ0n) is 10.7. The highest BCUT2D eigenvalue weighted by Gasteiger charge is 2.49. The molecule has 0 aromatic heterocycles. The summed E-state index contributed by atoms with van der Waals surface area (Å²) in [5, 5.41) is 8.72. The number of benzene rings is 1. The highest BCUT2D eigenvalue weighted by atomic mass is 16.6. The molecule has 1 fully saturated rings. The Morgan fingerprint density at radius 2 is 2.17 bits per heavy atom. The van der Waals surface area contributed by atoms with Crippen molar-refractivity contribution >= 4 is 0 Å². The molecule has 0 bridgehead atoms. The summed E-state index contributed by atoms with van der Waals surface area (Å²) in [7, 11) is 0. The second-order valence-electron chi connectivity index (χ2n) is 4.70. The molecular weight excluding hydrogens is 228 g/mol. The van der Waals surface area contributed by atoms with Crippen LogP contribution in [-0.2, 0) is 16.1 Å². The van der Waals surface area contributed by atoms with Gasteiger partial charge in [0.2, 0.25) is 0 Å². The highest BCUT2D eigenvalue weighted by molar-refractivity contribution is 5.14. The minimum absolute atomic E-state index is 0.0657. The average Bonchev–Trinajstić information content (AvgIpc) is 3.05. The van der Waals surface area contributed by atoms with Gasteiger partial charge in [-0.3, -0.25) is 0 Å². The van der Waals surface area contributed by atoms with Crippen LogP contribution in [0.3, 0.4) is 0 Å². The van der Waals surface area contributed by atoms with Crippen LogP contribution in [0.15, 0.2) is 42.5 Å². The Morgan fingerprint density at radius 1 is 1.39 bits per heavy atom. The van der Waals surface area contributed by atoms with Gasteiger partial charge in [-0.25, -0.2) is 0 Å². The van der Waals surface area contributed by atoms with E-state index >= 15 is 0 Å². The highest BCUT2D eigenvalue weighted by Crippen LogP contribution is 2.39. The van der Waals surface area contributed by atoms with E-state index in [1.807, 2.05) is 31.2 Å². The third-order valence-electron chi connectivity index (χ3n) is 3.17. The summed E-state index contributed by atoms with van der Waals surface area (Å²) in [6.07, 6.45) is 4.76. The van der Waals surface area contributed by atoms with E-state index in [1.165, 1.54) is 5.56 Å². The summed E-state index contributed by atoms with van der Waals surface area (Å²) in [5.74, 6) is 0. The number of ether oxygens (including phenoxy) is 2. The van der Waals surface area contributed by atoms with Gasteiger partial charge in [0, 0.05) is 13.0 Å². The van der Waals surface area contributed by atoms with Gasteiger partial charge in [-0.2, -0.15) is 0 Å². The molecule has 3 heteroatoms. The van der Waals surface area contributed by atoms with E-state index in [9.17, 15) is 0 Å². The van der Waals surface area contributed by atoms with E-state index in [0.29, 0.717) is 13.2 Å². The maximum Gasteiger partial charge on any atom is 0.110 e. The minimum atomic E-state index is -0.196. The second kappa shape index (κ2) is 6.14. The number of aliphatic hydroxyl groups is 1. The van der Waals surface area contributed by atoms with Crippen molar-refractivity contribution in [2.75, 3.05) is 13.2 Å². The van der Waals surface area contributed by atoms with Crippen LogP contribution in [0, 0.1) is 0 Å². The first kappa shape index (κ1) is 13.3. The first-order chi connectivity index (χ1) is 8.74. The molecule has 0 unspecified atom stereocenters. The lowest BCUT2D eigenvalue weighted by Crippen LogP contribution is -2.08. The molecule has 0 aliphatic carbocycles. The summed E-state index contributed by atoms with van der Waals surface area (Å²) in [5.41, 5.74) is 0.996. The predicted octanol–water partition coefficient (Wildman–Crippen LogP) is 2.30. The van der Waals surface area contributed by atoms with E-state index in [0.717, 1.165) is 6.42 Å². The number of hydrogen-bond donors (Lipinski definition) is 1. The van der Waals surface area contributed by atoms with Crippen LogP contribution in [0.1, 0.15) is 18.9 Å². The summed E-state index contributed by atoms with van der Waals surface area (Å²) >= 11 is 0. The standard InChI is InChI=1S/C15H20O3/c1-15(9-5-10-16)14(18-15)8-11-17-12-13-6-3-2-4-7-13/h2-7,9,14,16H,8,10-12H2,1H3/b9-5+/t14-,15+/m1/s1. The molecule has 3 nitrogen and oxygen atoms in total. The lowest BCUT2D eigenvalue weighted by atomic mass is 10.1. The molecular formula is C15H20O3. The van der Waals surface area contributed by atoms with Crippen molar-refractivity contribution in [2.45, 2.75) is 31.7 Å². The van der Waals surface area contributed by atoms with Crippen molar-refractivity contribution in [3.05, 3.63) is 48.0 Å². The van der Waals surface area contributed by atoms with Crippen molar-refractivity contribution in [3.63, 3.8) is 0 Å². The van der Waals surface area contributed by atoms with Crippen LogP contribution in [0.2, 0.25) is 0 Å². The minimum Gasteiger partial charge on any atom is -0.392 e. The molecule has 2 rings (SSSR count). The molecule has 1 N–H and O–H groups in total. The molecule has 0 spiro atoms. The SMILES string of the molecule is C[C@@]1(/C=C/CO)O[C@@H]1CCOCc1ccccc1. The van der Waals surface area contributed by atoms with Crippen LogP contribution in [0.25, 0.3) is 0 Å². The van der Waals surface area contributed by atoms with Crippen molar-refractivity contribution in [2.24, 2.45) is 0 Å². The predicted molar refractivity (Wildman–Crippen MR) is 70.2 cm³/mol. The zero-order chi connectivity index (χ0) is 12.8. The molecule has 0 saturated carbocycles. The third-order valence-corrected chi connectivity index (χ3v) is 3.17. The zero-order valence-corrected chi connectivity index (χ0v) is 10.7. The van der Waals surface area contributed by atoms with Gasteiger partial charge in [-0.05, 0) is 12.5 Å². The number of epoxide rings is 1. The molecule has 1 saturated heterocycles. The Kier molecular flexibility index (Phi) is 4.53. The van der Waals surface area contributed by atoms with Crippen molar-refractivity contribution in [3.8, 4) is 0 Å². The number of aliphatic hydroxyl groups excluding tert-OH is 1. The maximum absolute atomic E-state index is 8.72. The fourth-order valence-electron chi connectivity index (χ4n) is 2.01. The van der Waals surface area contributed by atoms with Crippen molar-refractivity contribution in [1.82, 2.24) is 0 Å². The van der Waals surface area contributed by atoms with Crippen LogP contribution >= 0.6 is 0 Å². The van der Waals surface area contributed by atoms with Gasteiger partial charge < -0.3 is 14.6 Å². The van der Waals surface area contributed by atoms with Crippen LogP contribution < -0.4 is 0 Å². The lowest BCUT2D eigenvalue weighted by Gasteiger charge is -2.03. The van der Waals surface area contributed by atoms with E-state index in [-0.39, 0.29) is 18.3 Å². The average molecular weight is 248 g/mol. The molecule has 1 aliphatic heterocycles. The van der Waals surface area contributed by atoms with Gasteiger partial charge in [0.15, 0.2) is 0 Å².